The normalized spacial score (nSPS) is 18.3. The first-order chi connectivity index (χ1) is 9.03. The van der Waals surface area contributed by atoms with Crippen LogP contribution in [-0.4, -0.2) is 11.5 Å². The number of hydrogen-bond donors (Lipinski definition) is 1. The second-order valence-corrected chi connectivity index (χ2v) is 5.74. The lowest BCUT2D eigenvalue weighted by Gasteiger charge is -2.34. The van der Waals surface area contributed by atoms with Crippen molar-refractivity contribution in [1.82, 2.24) is 0 Å². The maximum absolute atomic E-state index is 11.8. The third kappa shape index (κ3) is 3.09. The van der Waals surface area contributed by atoms with E-state index >= 15 is 0 Å². The third-order valence-electron chi connectivity index (χ3n) is 3.97. The van der Waals surface area contributed by atoms with E-state index in [1.54, 1.807) is 0 Å². The summed E-state index contributed by atoms with van der Waals surface area (Å²) < 4.78 is 5.96. The molecule has 0 spiro atoms. The summed E-state index contributed by atoms with van der Waals surface area (Å²) in [6.07, 6.45) is 4.63. The zero-order chi connectivity index (χ0) is 13.9. The minimum atomic E-state index is -0.794. The average molecular weight is 261 g/mol. The first-order valence-corrected chi connectivity index (χ1v) is 7.12. The number of amides is 1. The number of ether oxygens (including phenoxy) is 1. The fraction of sp³-hybridized carbons (Fsp3) is 0.562. The molecule has 0 unspecified atom stereocenters. The van der Waals surface area contributed by atoms with Gasteiger partial charge in [0.05, 0.1) is 0 Å². The van der Waals surface area contributed by atoms with Crippen molar-refractivity contribution in [3.8, 4) is 5.75 Å². The Labute approximate surface area is 115 Å². The Morgan fingerprint density at radius 1 is 1.16 bits per heavy atom. The van der Waals surface area contributed by atoms with E-state index in [-0.39, 0.29) is 5.91 Å². The van der Waals surface area contributed by atoms with Crippen LogP contribution in [0.4, 0.5) is 0 Å². The summed E-state index contributed by atoms with van der Waals surface area (Å²) in [5.41, 5.74) is 6.04. The van der Waals surface area contributed by atoms with Gasteiger partial charge >= 0.3 is 0 Å². The molecule has 2 N–H and O–H groups in total. The van der Waals surface area contributed by atoms with Crippen LogP contribution in [0.5, 0.6) is 5.75 Å². The smallest absolute Gasteiger partial charge is 0.261 e. The molecule has 1 aliphatic rings. The maximum Gasteiger partial charge on any atom is 0.261 e. The summed E-state index contributed by atoms with van der Waals surface area (Å²) in [6.45, 7) is 4.31. The quantitative estimate of drug-likeness (QED) is 0.903. The van der Waals surface area contributed by atoms with Gasteiger partial charge in [-0.1, -0.05) is 32.4 Å². The standard InChI is InChI=1S/C16H23NO2/c1-12(2)13-6-8-14(9-7-13)19-16(15(17)18)10-4-3-5-11-16/h6-9,12H,3-5,10-11H2,1-2H3,(H2,17,18). The van der Waals surface area contributed by atoms with Crippen LogP contribution >= 0.6 is 0 Å². The number of primary amides is 1. The number of hydrogen-bond acceptors (Lipinski definition) is 2. The lowest BCUT2D eigenvalue weighted by atomic mass is 9.84. The highest BCUT2D eigenvalue weighted by atomic mass is 16.5. The van der Waals surface area contributed by atoms with Crippen molar-refractivity contribution in [1.29, 1.82) is 0 Å². The topological polar surface area (TPSA) is 52.3 Å². The van der Waals surface area contributed by atoms with E-state index in [1.807, 2.05) is 12.1 Å². The summed E-state index contributed by atoms with van der Waals surface area (Å²) >= 11 is 0. The molecule has 0 aliphatic heterocycles. The molecule has 0 saturated heterocycles. The van der Waals surface area contributed by atoms with E-state index in [9.17, 15) is 4.79 Å². The Morgan fingerprint density at radius 2 is 1.74 bits per heavy atom. The van der Waals surface area contributed by atoms with E-state index in [4.69, 9.17) is 10.5 Å². The molecule has 1 amide bonds. The summed E-state index contributed by atoms with van der Waals surface area (Å²) in [5.74, 6) is 0.902. The summed E-state index contributed by atoms with van der Waals surface area (Å²) in [5, 5.41) is 0. The van der Waals surface area contributed by atoms with Gasteiger partial charge in [-0.05, 0) is 49.3 Å². The first-order valence-electron chi connectivity index (χ1n) is 7.12. The van der Waals surface area contributed by atoms with Crippen LogP contribution in [-0.2, 0) is 4.79 Å². The van der Waals surface area contributed by atoms with Crippen molar-refractivity contribution in [2.45, 2.75) is 57.5 Å². The maximum atomic E-state index is 11.8. The minimum absolute atomic E-state index is 0.333. The largest absolute Gasteiger partial charge is 0.477 e. The number of rotatable bonds is 4. The molecular formula is C16H23NO2. The fourth-order valence-electron chi connectivity index (χ4n) is 2.67. The molecule has 0 heterocycles. The monoisotopic (exact) mass is 261 g/mol. The van der Waals surface area contributed by atoms with Gasteiger partial charge in [0.25, 0.3) is 5.91 Å². The van der Waals surface area contributed by atoms with Crippen molar-refractivity contribution < 1.29 is 9.53 Å². The van der Waals surface area contributed by atoms with E-state index in [1.165, 1.54) is 5.56 Å². The number of benzene rings is 1. The molecule has 3 nitrogen and oxygen atoms in total. The minimum Gasteiger partial charge on any atom is -0.477 e. The van der Waals surface area contributed by atoms with Gasteiger partial charge in [-0.15, -0.1) is 0 Å². The molecule has 3 heteroatoms. The van der Waals surface area contributed by atoms with Crippen molar-refractivity contribution in [3.63, 3.8) is 0 Å². The van der Waals surface area contributed by atoms with Gasteiger partial charge in [-0.25, -0.2) is 0 Å². The molecule has 1 aromatic rings. The summed E-state index contributed by atoms with van der Waals surface area (Å²) in [7, 11) is 0. The zero-order valence-corrected chi connectivity index (χ0v) is 11.8. The molecule has 2 rings (SSSR count). The SMILES string of the molecule is CC(C)c1ccc(OC2(C(N)=O)CCCCC2)cc1. The van der Waals surface area contributed by atoms with Crippen LogP contribution in [0.2, 0.25) is 0 Å². The molecule has 0 radical (unpaired) electrons. The van der Waals surface area contributed by atoms with Gasteiger partial charge in [0, 0.05) is 0 Å². The molecule has 0 bridgehead atoms. The van der Waals surface area contributed by atoms with Crippen LogP contribution in [0.15, 0.2) is 24.3 Å². The second-order valence-electron chi connectivity index (χ2n) is 5.74. The predicted molar refractivity (Wildman–Crippen MR) is 76.2 cm³/mol. The molecule has 19 heavy (non-hydrogen) atoms. The Morgan fingerprint density at radius 3 is 2.21 bits per heavy atom. The van der Waals surface area contributed by atoms with Gasteiger partial charge in [0.2, 0.25) is 0 Å². The highest BCUT2D eigenvalue weighted by molar-refractivity contribution is 5.84. The van der Waals surface area contributed by atoms with Gasteiger partial charge in [0.15, 0.2) is 5.60 Å². The van der Waals surface area contributed by atoms with E-state index in [0.717, 1.165) is 37.9 Å². The average Bonchev–Trinajstić information content (AvgIpc) is 2.40. The highest BCUT2D eigenvalue weighted by Crippen LogP contribution is 2.33. The predicted octanol–water partition coefficient (Wildman–Crippen LogP) is 3.38. The van der Waals surface area contributed by atoms with Crippen LogP contribution in [0, 0.1) is 0 Å². The summed E-state index contributed by atoms with van der Waals surface area (Å²) in [6, 6.07) is 7.98. The molecule has 0 aromatic heterocycles. The van der Waals surface area contributed by atoms with Gasteiger partial charge in [-0.2, -0.15) is 0 Å². The Kier molecular flexibility index (Phi) is 4.13. The van der Waals surface area contributed by atoms with Crippen molar-refractivity contribution >= 4 is 5.91 Å². The van der Waals surface area contributed by atoms with Gasteiger partial charge in [0.1, 0.15) is 5.75 Å². The number of carbonyl (C=O) groups excluding carboxylic acids is 1. The Balaban J connectivity index is 2.15. The first kappa shape index (κ1) is 13.9. The Hall–Kier alpha value is -1.51. The molecule has 1 aromatic carbocycles. The number of nitrogens with two attached hydrogens (primary N) is 1. The summed E-state index contributed by atoms with van der Waals surface area (Å²) in [4.78, 5) is 11.8. The molecule has 104 valence electrons. The Bertz CT molecular complexity index is 431. The molecule has 1 fully saturated rings. The molecular weight excluding hydrogens is 238 g/mol. The lowest BCUT2D eigenvalue weighted by Crippen LogP contribution is -2.50. The van der Waals surface area contributed by atoms with E-state index in [0.29, 0.717) is 5.92 Å². The lowest BCUT2D eigenvalue weighted by molar-refractivity contribution is -0.136. The van der Waals surface area contributed by atoms with Crippen molar-refractivity contribution in [2.24, 2.45) is 5.73 Å². The molecule has 0 atom stereocenters. The van der Waals surface area contributed by atoms with Crippen molar-refractivity contribution in [3.05, 3.63) is 29.8 Å². The second kappa shape index (κ2) is 5.64. The third-order valence-corrected chi connectivity index (χ3v) is 3.97. The van der Waals surface area contributed by atoms with Gasteiger partial charge < -0.3 is 10.5 Å². The van der Waals surface area contributed by atoms with Crippen LogP contribution in [0.1, 0.15) is 57.4 Å². The molecule has 1 saturated carbocycles. The highest BCUT2D eigenvalue weighted by Gasteiger charge is 2.40. The van der Waals surface area contributed by atoms with Crippen molar-refractivity contribution in [2.75, 3.05) is 0 Å². The van der Waals surface area contributed by atoms with Crippen LogP contribution in [0.25, 0.3) is 0 Å². The zero-order valence-electron chi connectivity index (χ0n) is 11.8. The number of carbonyl (C=O) groups is 1. The van der Waals surface area contributed by atoms with E-state index < -0.39 is 5.60 Å². The molecule has 1 aliphatic carbocycles. The fourth-order valence-corrected chi connectivity index (χ4v) is 2.67. The van der Waals surface area contributed by atoms with E-state index in [2.05, 4.69) is 26.0 Å². The van der Waals surface area contributed by atoms with Crippen LogP contribution < -0.4 is 10.5 Å². The van der Waals surface area contributed by atoms with Crippen LogP contribution in [0.3, 0.4) is 0 Å². The van der Waals surface area contributed by atoms with Gasteiger partial charge in [-0.3, -0.25) is 4.79 Å².